The Labute approximate surface area is 143 Å². The Morgan fingerprint density at radius 1 is 1.17 bits per heavy atom. The molecule has 132 valence electrons. The Balaban J connectivity index is 1.60. The van der Waals surface area contributed by atoms with Gasteiger partial charge in [-0.1, -0.05) is 0 Å². The molecule has 24 heavy (non-hydrogen) atoms. The summed E-state index contributed by atoms with van der Waals surface area (Å²) in [5.74, 6) is 1.80. The number of ether oxygens (including phenoxy) is 2. The topological polar surface area (TPSA) is 76.8 Å². The summed E-state index contributed by atoms with van der Waals surface area (Å²) in [5.41, 5.74) is 6.97. The summed E-state index contributed by atoms with van der Waals surface area (Å²) < 4.78 is 10.7. The van der Waals surface area contributed by atoms with Crippen molar-refractivity contribution in [2.24, 2.45) is 11.7 Å². The highest BCUT2D eigenvalue weighted by molar-refractivity contribution is 5.79. The fraction of sp³-hybridized carbons (Fsp3) is 0.611. The molecular weight excluding hydrogens is 306 g/mol. The minimum absolute atomic E-state index is 0.0889. The minimum atomic E-state index is 0.0889. The number of hydrogen-bond acceptors (Lipinski definition) is 5. The SMILES string of the molecule is COc1cc(OC)cc(N2CCC(NC(=O)C3CCC(N)C3)C2)c1. The monoisotopic (exact) mass is 333 g/mol. The van der Waals surface area contributed by atoms with Crippen LogP contribution in [-0.4, -0.2) is 45.3 Å². The van der Waals surface area contributed by atoms with Crippen LogP contribution >= 0.6 is 0 Å². The van der Waals surface area contributed by atoms with Crippen molar-refractivity contribution in [1.82, 2.24) is 5.32 Å². The number of hydrogen-bond donors (Lipinski definition) is 2. The second kappa shape index (κ2) is 7.30. The highest BCUT2D eigenvalue weighted by atomic mass is 16.5. The fourth-order valence-electron chi connectivity index (χ4n) is 3.66. The quantitative estimate of drug-likeness (QED) is 0.854. The van der Waals surface area contributed by atoms with Crippen LogP contribution in [0.15, 0.2) is 18.2 Å². The Hall–Kier alpha value is -1.95. The lowest BCUT2D eigenvalue weighted by Gasteiger charge is -2.21. The van der Waals surface area contributed by atoms with E-state index in [1.54, 1.807) is 14.2 Å². The van der Waals surface area contributed by atoms with Crippen molar-refractivity contribution in [3.05, 3.63) is 18.2 Å². The first-order valence-electron chi connectivity index (χ1n) is 8.63. The van der Waals surface area contributed by atoms with Gasteiger partial charge in [0.05, 0.1) is 14.2 Å². The van der Waals surface area contributed by atoms with Gasteiger partial charge in [0.25, 0.3) is 0 Å². The normalized spacial score (nSPS) is 26.5. The summed E-state index contributed by atoms with van der Waals surface area (Å²) in [6, 6.07) is 6.24. The molecule has 6 heteroatoms. The molecule has 6 nitrogen and oxygen atoms in total. The van der Waals surface area contributed by atoms with Crippen LogP contribution in [0.2, 0.25) is 0 Å². The molecule has 3 N–H and O–H groups in total. The average Bonchev–Trinajstić information content (AvgIpc) is 3.23. The lowest BCUT2D eigenvalue weighted by atomic mass is 10.1. The second-order valence-electron chi connectivity index (χ2n) is 6.78. The summed E-state index contributed by atoms with van der Waals surface area (Å²) in [5, 5.41) is 3.20. The van der Waals surface area contributed by atoms with Crippen LogP contribution in [0.1, 0.15) is 25.7 Å². The van der Waals surface area contributed by atoms with E-state index in [1.807, 2.05) is 18.2 Å². The molecule has 1 aromatic carbocycles. The maximum absolute atomic E-state index is 12.4. The van der Waals surface area contributed by atoms with Gasteiger partial charge in [-0.3, -0.25) is 4.79 Å². The van der Waals surface area contributed by atoms with Gasteiger partial charge in [0.15, 0.2) is 0 Å². The molecule has 1 saturated carbocycles. The van der Waals surface area contributed by atoms with Crippen LogP contribution in [0.3, 0.4) is 0 Å². The molecule has 0 radical (unpaired) electrons. The number of anilines is 1. The largest absolute Gasteiger partial charge is 0.497 e. The molecule has 1 aliphatic carbocycles. The average molecular weight is 333 g/mol. The van der Waals surface area contributed by atoms with Crippen LogP contribution in [0.25, 0.3) is 0 Å². The summed E-state index contributed by atoms with van der Waals surface area (Å²) >= 11 is 0. The number of nitrogens with zero attached hydrogens (tertiary/aromatic N) is 1. The molecule has 1 amide bonds. The fourth-order valence-corrected chi connectivity index (χ4v) is 3.66. The number of rotatable bonds is 5. The van der Waals surface area contributed by atoms with Gasteiger partial charge in [-0.2, -0.15) is 0 Å². The number of amides is 1. The molecule has 3 rings (SSSR count). The molecule has 3 atom stereocenters. The maximum atomic E-state index is 12.4. The lowest BCUT2D eigenvalue weighted by Crippen LogP contribution is -2.40. The van der Waals surface area contributed by atoms with Crippen molar-refractivity contribution < 1.29 is 14.3 Å². The first-order valence-corrected chi connectivity index (χ1v) is 8.63. The third kappa shape index (κ3) is 3.75. The van der Waals surface area contributed by atoms with Crippen LogP contribution in [0.5, 0.6) is 11.5 Å². The molecule has 1 saturated heterocycles. The number of carbonyl (C=O) groups excluding carboxylic acids is 1. The van der Waals surface area contributed by atoms with Gasteiger partial charge in [0.1, 0.15) is 11.5 Å². The Morgan fingerprint density at radius 2 is 1.88 bits per heavy atom. The van der Waals surface area contributed by atoms with Gasteiger partial charge in [-0.25, -0.2) is 0 Å². The smallest absolute Gasteiger partial charge is 0.223 e. The number of nitrogens with one attached hydrogen (secondary N) is 1. The predicted octanol–water partition coefficient (Wildman–Crippen LogP) is 1.53. The van der Waals surface area contributed by atoms with Gasteiger partial charge in [-0.15, -0.1) is 0 Å². The van der Waals surface area contributed by atoms with Crippen molar-refractivity contribution in [1.29, 1.82) is 0 Å². The molecule has 1 heterocycles. The first-order chi connectivity index (χ1) is 11.6. The van der Waals surface area contributed by atoms with Gasteiger partial charge in [0.2, 0.25) is 5.91 Å². The highest BCUT2D eigenvalue weighted by Crippen LogP contribution is 2.31. The molecule has 3 unspecified atom stereocenters. The second-order valence-corrected chi connectivity index (χ2v) is 6.78. The predicted molar refractivity (Wildman–Crippen MR) is 93.6 cm³/mol. The Morgan fingerprint density at radius 3 is 2.46 bits per heavy atom. The van der Waals surface area contributed by atoms with E-state index >= 15 is 0 Å². The number of carbonyl (C=O) groups is 1. The van der Waals surface area contributed by atoms with Crippen molar-refractivity contribution in [3.8, 4) is 11.5 Å². The van der Waals surface area contributed by atoms with E-state index in [2.05, 4.69) is 10.2 Å². The molecule has 0 spiro atoms. The van der Waals surface area contributed by atoms with Crippen LogP contribution < -0.4 is 25.4 Å². The van der Waals surface area contributed by atoms with Crippen LogP contribution in [-0.2, 0) is 4.79 Å². The zero-order valence-electron chi connectivity index (χ0n) is 14.5. The Bertz CT molecular complexity index is 571. The summed E-state index contributed by atoms with van der Waals surface area (Å²) in [6.45, 7) is 1.71. The van der Waals surface area contributed by atoms with Crippen molar-refractivity contribution >= 4 is 11.6 Å². The zero-order valence-corrected chi connectivity index (χ0v) is 14.5. The number of benzene rings is 1. The van der Waals surface area contributed by atoms with E-state index in [9.17, 15) is 4.79 Å². The lowest BCUT2D eigenvalue weighted by molar-refractivity contribution is -0.125. The standard InChI is InChI=1S/C18H27N3O3/c1-23-16-8-15(9-17(10-16)24-2)21-6-5-14(11-21)20-18(22)12-3-4-13(19)7-12/h8-10,12-14H,3-7,11,19H2,1-2H3,(H,20,22). The summed E-state index contributed by atoms with van der Waals surface area (Å²) in [6.07, 6.45) is 3.63. The van der Waals surface area contributed by atoms with Crippen molar-refractivity contribution in [2.75, 3.05) is 32.2 Å². The molecule has 2 aliphatic rings. The zero-order chi connectivity index (χ0) is 17.1. The Kier molecular flexibility index (Phi) is 5.14. The van der Waals surface area contributed by atoms with Gasteiger partial charge in [0, 0.05) is 55.0 Å². The number of methoxy groups -OCH3 is 2. The van der Waals surface area contributed by atoms with E-state index in [1.165, 1.54) is 0 Å². The minimum Gasteiger partial charge on any atom is -0.497 e. The highest BCUT2D eigenvalue weighted by Gasteiger charge is 2.31. The van der Waals surface area contributed by atoms with Crippen LogP contribution in [0.4, 0.5) is 5.69 Å². The van der Waals surface area contributed by atoms with Crippen LogP contribution in [0, 0.1) is 5.92 Å². The van der Waals surface area contributed by atoms with Crippen molar-refractivity contribution in [2.45, 2.75) is 37.8 Å². The van der Waals surface area contributed by atoms with E-state index in [0.29, 0.717) is 0 Å². The number of nitrogens with two attached hydrogens (primary N) is 1. The summed E-state index contributed by atoms with van der Waals surface area (Å²) in [7, 11) is 3.30. The van der Waals surface area contributed by atoms with Crippen molar-refractivity contribution in [3.63, 3.8) is 0 Å². The molecule has 0 aromatic heterocycles. The van der Waals surface area contributed by atoms with Gasteiger partial charge < -0.3 is 25.4 Å². The molecule has 2 fully saturated rings. The van der Waals surface area contributed by atoms with E-state index < -0.39 is 0 Å². The van der Waals surface area contributed by atoms with E-state index in [-0.39, 0.29) is 23.9 Å². The molecule has 0 bridgehead atoms. The maximum Gasteiger partial charge on any atom is 0.223 e. The summed E-state index contributed by atoms with van der Waals surface area (Å²) in [4.78, 5) is 14.6. The molecule has 1 aliphatic heterocycles. The molecule has 1 aromatic rings. The van der Waals surface area contributed by atoms with Gasteiger partial charge >= 0.3 is 0 Å². The van der Waals surface area contributed by atoms with E-state index in [4.69, 9.17) is 15.2 Å². The third-order valence-corrected chi connectivity index (χ3v) is 5.08. The van der Waals surface area contributed by atoms with E-state index in [0.717, 1.165) is 56.0 Å². The first kappa shape index (κ1) is 16.9. The molecular formula is C18H27N3O3. The third-order valence-electron chi connectivity index (χ3n) is 5.08. The van der Waals surface area contributed by atoms with Gasteiger partial charge in [-0.05, 0) is 25.7 Å².